The fourth-order valence-corrected chi connectivity index (χ4v) is 4.97. The van der Waals surface area contributed by atoms with Gasteiger partial charge in [-0.05, 0) is 44.4 Å². The van der Waals surface area contributed by atoms with Crippen molar-refractivity contribution in [1.29, 1.82) is 0 Å². The Morgan fingerprint density at radius 3 is 2.47 bits per heavy atom. The summed E-state index contributed by atoms with van der Waals surface area (Å²) in [6, 6.07) is 0. The molecule has 3 fully saturated rings. The largest absolute Gasteiger partial charge is 0.392 e. The quantitative estimate of drug-likeness (QED) is 0.796. The molecular weight excluding hydrogens is 266 g/mol. The zero-order valence-corrected chi connectivity index (χ0v) is 12.0. The van der Waals surface area contributed by atoms with Crippen molar-refractivity contribution in [3.63, 3.8) is 0 Å². The van der Waals surface area contributed by atoms with E-state index >= 15 is 0 Å². The minimum absolute atomic E-state index is 0.0199. The van der Waals surface area contributed by atoms with Crippen LogP contribution in [-0.4, -0.2) is 44.6 Å². The fraction of sp³-hybridized carbons (Fsp3) is 1.00. The van der Waals surface area contributed by atoms with Crippen molar-refractivity contribution in [2.75, 3.05) is 19.8 Å². The zero-order valence-electron chi connectivity index (χ0n) is 11.2. The Balaban J connectivity index is 1.58. The molecule has 2 aliphatic carbocycles. The molecule has 1 saturated heterocycles. The van der Waals surface area contributed by atoms with Gasteiger partial charge in [-0.25, -0.2) is 13.1 Å². The van der Waals surface area contributed by atoms with Crippen molar-refractivity contribution in [3.05, 3.63) is 0 Å². The Kier molecular flexibility index (Phi) is 3.62. The summed E-state index contributed by atoms with van der Waals surface area (Å²) >= 11 is 0. The van der Waals surface area contributed by atoms with Gasteiger partial charge in [-0.1, -0.05) is 0 Å². The molecule has 6 heteroatoms. The highest BCUT2D eigenvalue weighted by molar-refractivity contribution is 7.90. The summed E-state index contributed by atoms with van der Waals surface area (Å²) in [6.07, 6.45) is 4.88. The Bertz CT molecular complexity index is 426. The van der Waals surface area contributed by atoms with Crippen molar-refractivity contribution in [3.8, 4) is 0 Å². The van der Waals surface area contributed by atoms with E-state index in [1.165, 1.54) is 0 Å². The Morgan fingerprint density at radius 1 is 1.16 bits per heavy atom. The summed E-state index contributed by atoms with van der Waals surface area (Å²) in [5, 5.41) is 10.3. The van der Waals surface area contributed by atoms with Gasteiger partial charge in [0.1, 0.15) is 0 Å². The van der Waals surface area contributed by atoms with E-state index in [2.05, 4.69) is 4.72 Å². The molecule has 1 spiro atoms. The molecule has 2 saturated carbocycles. The smallest absolute Gasteiger partial charge is 0.214 e. The molecule has 2 N–H and O–H groups in total. The molecule has 3 rings (SSSR count). The average molecular weight is 289 g/mol. The van der Waals surface area contributed by atoms with E-state index in [9.17, 15) is 13.5 Å². The van der Waals surface area contributed by atoms with Gasteiger partial charge >= 0.3 is 0 Å². The van der Waals surface area contributed by atoms with Gasteiger partial charge < -0.3 is 9.84 Å². The highest BCUT2D eigenvalue weighted by Gasteiger charge is 2.48. The lowest BCUT2D eigenvalue weighted by atomic mass is 9.76. The normalized spacial score (nSPS) is 34.8. The van der Waals surface area contributed by atoms with Crippen LogP contribution in [0.4, 0.5) is 0 Å². The molecular formula is C13H23NO4S. The number of aliphatic hydroxyl groups is 1. The van der Waals surface area contributed by atoms with Gasteiger partial charge in [-0.3, -0.25) is 0 Å². The topological polar surface area (TPSA) is 75.6 Å². The van der Waals surface area contributed by atoms with Crippen molar-refractivity contribution >= 4 is 10.0 Å². The molecule has 2 atom stereocenters. The molecule has 110 valence electrons. The number of rotatable bonds is 4. The van der Waals surface area contributed by atoms with Gasteiger partial charge in [-0.15, -0.1) is 0 Å². The van der Waals surface area contributed by atoms with Crippen molar-refractivity contribution < 1.29 is 18.3 Å². The maximum Gasteiger partial charge on any atom is 0.214 e. The van der Waals surface area contributed by atoms with Crippen LogP contribution in [0.1, 0.15) is 38.5 Å². The summed E-state index contributed by atoms with van der Waals surface area (Å²) in [5.41, 5.74) is -0.0199. The number of nitrogens with one attached hydrogen (secondary N) is 1. The van der Waals surface area contributed by atoms with E-state index in [4.69, 9.17) is 4.74 Å². The number of sulfonamides is 1. The highest BCUT2D eigenvalue weighted by Crippen LogP contribution is 2.48. The predicted octanol–water partition coefficient (Wildman–Crippen LogP) is 0.636. The molecule has 0 bridgehead atoms. The summed E-state index contributed by atoms with van der Waals surface area (Å²) < 4.78 is 31.7. The first-order valence-electron chi connectivity index (χ1n) is 7.28. The van der Waals surface area contributed by atoms with E-state index in [1.54, 1.807) is 0 Å². The summed E-state index contributed by atoms with van der Waals surface area (Å²) in [7, 11) is -3.13. The van der Waals surface area contributed by atoms with Crippen LogP contribution >= 0.6 is 0 Å². The molecule has 1 aliphatic heterocycles. The Morgan fingerprint density at radius 2 is 1.84 bits per heavy atom. The van der Waals surface area contributed by atoms with Crippen LogP contribution in [0.2, 0.25) is 0 Å². The van der Waals surface area contributed by atoms with Crippen LogP contribution < -0.4 is 4.72 Å². The lowest BCUT2D eigenvalue weighted by Crippen LogP contribution is -2.42. The van der Waals surface area contributed by atoms with Gasteiger partial charge in [-0.2, -0.15) is 0 Å². The van der Waals surface area contributed by atoms with Crippen LogP contribution in [-0.2, 0) is 14.8 Å². The summed E-state index contributed by atoms with van der Waals surface area (Å²) in [5.74, 6) is 0.0617. The van der Waals surface area contributed by atoms with Gasteiger partial charge in [0.25, 0.3) is 0 Å². The lowest BCUT2D eigenvalue weighted by molar-refractivity contribution is -0.0552. The van der Waals surface area contributed by atoms with Crippen LogP contribution in [0.3, 0.4) is 0 Å². The number of aliphatic hydroxyl groups excluding tert-OH is 1. The molecule has 5 nitrogen and oxygen atoms in total. The van der Waals surface area contributed by atoms with E-state index in [1.807, 2.05) is 0 Å². The van der Waals surface area contributed by atoms with Crippen LogP contribution in [0.25, 0.3) is 0 Å². The van der Waals surface area contributed by atoms with E-state index in [0.717, 1.165) is 51.7 Å². The van der Waals surface area contributed by atoms with Crippen molar-refractivity contribution in [2.45, 2.75) is 49.9 Å². The maximum atomic E-state index is 11.8. The zero-order chi connectivity index (χ0) is 13.5. The number of ether oxygens (including phenoxy) is 1. The molecule has 3 aliphatic rings. The second kappa shape index (κ2) is 4.98. The lowest BCUT2D eigenvalue weighted by Gasteiger charge is -2.37. The fourth-order valence-electron chi connectivity index (χ4n) is 3.54. The molecule has 0 unspecified atom stereocenters. The second-order valence-corrected chi connectivity index (χ2v) is 8.36. The number of hydrogen-bond acceptors (Lipinski definition) is 4. The molecule has 0 amide bonds. The van der Waals surface area contributed by atoms with Crippen LogP contribution in [0, 0.1) is 11.3 Å². The maximum absolute atomic E-state index is 11.8. The first-order chi connectivity index (χ1) is 9.04. The summed E-state index contributed by atoms with van der Waals surface area (Å²) in [6.45, 7) is 1.83. The van der Waals surface area contributed by atoms with Gasteiger partial charge in [0.15, 0.2) is 0 Å². The molecule has 0 aromatic heterocycles. The van der Waals surface area contributed by atoms with Gasteiger partial charge in [0.05, 0.1) is 11.4 Å². The Hall–Kier alpha value is -0.170. The van der Waals surface area contributed by atoms with E-state index in [-0.39, 0.29) is 16.6 Å². The first-order valence-corrected chi connectivity index (χ1v) is 8.82. The van der Waals surface area contributed by atoms with E-state index < -0.39 is 16.1 Å². The third-order valence-electron chi connectivity index (χ3n) is 5.09. The van der Waals surface area contributed by atoms with Gasteiger partial charge in [0, 0.05) is 25.2 Å². The standard InChI is InChI=1S/C13H23NO4S/c15-12-10(9-14-19(16,17)11-1-2-11)3-4-13(12)5-7-18-8-6-13/h10-12,14-15H,1-9H2/t10-,12-/m0/s1. The summed E-state index contributed by atoms with van der Waals surface area (Å²) in [4.78, 5) is 0. The van der Waals surface area contributed by atoms with E-state index in [0.29, 0.717) is 6.54 Å². The van der Waals surface area contributed by atoms with Crippen LogP contribution in [0.15, 0.2) is 0 Å². The van der Waals surface area contributed by atoms with Crippen LogP contribution in [0.5, 0.6) is 0 Å². The Labute approximate surface area is 114 Å². The molecule has 0 aromatic carbocycles. The second-order valence-electron chi connectivity index (χ2n) is 6.31. The predicted molar refractivity (Wildman–Crippen MR) is 71.2 cm³/mol. The minimum atomic E-state index is -3.13. The SMILES string of the molecule is O=S(=O)(NC[C@@H]1CCC2(CCOCC2)[C@H]1O)C1CC1. The minimum Gasteiger partial charge on any atom is -0.392 e. The highest BCUT2D eigenvalue weighted by atomic mass is 32.2. The van der Waals surface area contributed by atoms with Crippen molar-refractivity contribution in [1.82, 2.24) is 4.72 Å². The van der Waals surface area contributed by atoms with Gasteiger partial charge in [0.2, 0.25) is 10.0 Å². The first kappa shape index (κ1) is 13.8. The average Bonchev–Trinajstić information content (AvgIpc) is 3.20. The molecule has 0 aromatic rings. The van der Waals surface area contributed by atoms with Crippen molar-refractivity contribution in [2.24, 2.45) is 11.3 Å². The number of hydrogen-bond donors (Lipinski definition) is 2. The molecule has 19 heavy (non-hydrogen) atoms. The third-order valence-corrected chi connectivity index (χ3v) is 7.00. The molecule has 0 radical (unpaired) electrons. The third kappa shape index (κ3) is 2.68. The monoisotopic (exact) mass is 289 g/mol. The molecule has 1 heterocycles.